The molecule has 0 fully saturated rings. The predicted molar refractivity (Wildman–Crippen MR) is 86.2 cm³/mol. The van der Waals surface area contributed by atoms with Crippen LogP contribution < -0.4 is 4.74 Å². The number of hydrogen-bond acceptors (Lipinski definition) is 6. The third-order valence-corrected chi connectivity index (χ3v) is 4.16. The molecule has 0 amide bonds. The Morgan fingerprint density at radius 3 is 2.70 bits per heavy atom. The predicted octanol–water partition coefficient (Wildman–Crippen LogP) is 3.76. The van der Waals surface area contributed by atoms with Crippen molar-refractivity contribution in [2.45, 2.75) is 20.8 Å². The molecule has 0 aliphatic carbocycles. The van der Waals surface area contributed by atoms with Crippen LogP contribution in [0.5, 0.6) is 5.75 Å². The number of carboxylic acid groups (broad SMARTS) is 1. The topological polar surface area (TPSA) is 103 Å². The smallest absolute Gasteiger partial charge is 0.347 e. The van der Waals surface area contributed by atoms with Gasteiger partial charge >= 0.3 is 11.7 Å². The van der Waals surface area contributed by atoms with E-state index in [2.05, 4.69) is 4.98 Å². The maximum atomic E-state index is 11.2. The molecule has 0 bridgehead atoms. The highest BCUT2D eigenvalue weighted by molar-refractivity contribution is 7.17. The van der Waals surface area contributed by atoms with Gasteiger partial charge in [0.15, 0.2) is 5.75 Å². The van der Waals surface area contributed by atoms with Crippen LogP contribution in [0.2, 0.25) is 0 Å². The molecular formula is C15H16N2O5S. The van der Waals surface area contributed by atoms with E-state index in [1.807, 2.05) is 13.8 Å². The molecule has 1 aromatic heterocycles. The number of thiazole rings is 1. The van der Waals surface area contributed by atoms with Crippen LogP contribution in [0.1, 0.15) is 29.2 Å². The van der Waals surface area contributed by atoms with E-state index in [1.165, 1.54) is 12.1 Å². The quantitative estimate of drug-likeness (QED) is 0.636. The molecule has 0 atom stereocenters. The van der Waals surface area contributed by atoms with Crippen LogP contribution >= 0.6 is 11.3 Å². The van der Waals surface area contributed by atoms with Crippen molar-refractivity contribution in [3.8, 4) is 16.3 Å². The van der Waals surface area contributed by atoms with Gasteiger partial charge < -0.3 is 9.84 Å². The van der Waals surface area contributed by atoms with Crippen molar-refractivity contribution in [1.29, 1.82) is 0 Å². The molecule has 2 rings (SSSR count). The lowest BCUT2D eigenvalue weighted by Gasteiger charge is -2.09. The van der Waals surface area contributed by atoms with Crippen molar-refractivity contribution >= 4 is 23.0 Å². The fourth-order valence-electron chi connectivity index (χ4n) is 1.89. The number of benzene rings is 1. The first-order valence-corrected chi connectivity index (χ1v) is 7.73. The molecule has 2 aromatic rings. The Morgan fingerprint density at radius 1 is 1.48 bits per heavy atom. The Bertz CT molecular complexity index is 754. The van der Waals surface area contributed by atoms with E-state index in [0.717, 1.165) is 11.3 Å². The van der Waals surface area contributed by atoms with Gasteiger partial charge in [0.2, 0.25) is 0 Å². The number of nitro groups is 1. The van der Waals surface area contributed by atoms with Crippen LogP contribution in [-0.2, 0) is 0 Å². The summed E-state index contributed by atoms with van der Waals surface area (Å²) in [5, 5.41) is 20.8. The molecule has 1 N–H and O–H groups in total. The average molecular weight is 336 g/mol. The molecule has 7 nitrogen and oxygen atoms in total. The summed E-state index contributed by atoms with van der Waals surface area (Å²) in [6.45, 7) is 5.87. The first-order valence-electron chi connectivity index (χ1n) is 6.92. The Labute approximate surface area is 136 Å². The number of carbonyl (C=O) groups is 1. The first-order chi connectivity index (χ1) is 10.8. The monoisotopic (exact) mass is 336 g/mol. The molecule has 1 aromatic carbocycles. The minimum atomic E-state index is -1.06. The highest BCUT2D eigenvalue weighted by Crippen LogP contribution is 2.35. The summed E-state index contributed by atoms with van der Waals surface area (Å²) in [6.07, 6.45) is 0. The number of carboxylic acids is 1. The van der Waals surface area contributed by atoms with Gasteiger partial charge in [-0.3, -0.25) is 10.1 Å². The molecule has 8 heteroatoms. The number of aryl methyl sites for hydroxylation is 1. The standard InChI is InChI=1S/C15H16N2O5S/c1-8(2)7-22-12-5-4-10(6-11(12)17(20)21)14-16-9(3)13(23-14)15(18)19/h4-6,8H,7H2,1-3H3,(H,18,19). The average Bonchev–Trinajstić information content (AvgIpc) is 2.87. The van der Waals surface area contributed by atoms with Crippen LogP contribution in [-0.4, -0.2) is 27.6 Å². The number of aromatic carboxylic acids is 1. The second-order valence-electron chi connectivity index (χ2n) is 5.38. The molecule has 0 saturated heterocycles. The number of rotatable bonds is 6. The zero-order chi connectivity index (χ0) is 17.1. The summed E-state index contributed by atoms with van der Waals surface area (Å²) in [5.74, 6) is -0.620. The number of nitro benzene ring substituents is 1. The van der Waals surface area contributed by atoms with Crippen molar-refractivity contribution < 1.29 is 19.6 Å². The Hall–Kier alpha value is -2.48. The fraction of sp³-hybridized carbons (Fsp3) is 0.333. The van der Waals surface area contributed by atoms with Gasteiger partial charge in [0.25, 0.3) is 0 Å². The van der Waals surface area contributed by atoms with Crippen LogP contribution in [0, 0.1) is 23.0 Å². The summed E-state index contributed by atoms with van der Waals surface area (Å²) >= 11 is 0.991. The maximum absolute atomic E-state index is 11.2. The van der Waals surface area contributed by atoms with Gasteiger partial charge in [-0.25, -0.2) is 9.78 Å². The molecule has 0 spiro atoms. The van der Waals surface area contributed by atoms with Crippen molar-refractivity contribution in [3.63, 3.8) is 0 Å². The van der Waals surface area contributed by atoms with Gasteiger partial charge in [-0.1, -0.05) is 13.8 Å². The Balaban J connectivity index is 2.41. The molecule has 0 aliphatic rings. The Kier molecular flexibility index (Phi) is 4.95. The molecular weight excluding hydrogens is 320 g/mol. The van der Waals surface area contributed by atoms with E-state index in [9.17, 15) is 14.9 Å². The van der Waals surface area contributed by atoms with Gasteiger partial charge in [-0.05, 0) is 25.0 Å². The molecule has 23 heavy (non-hydrogen) atoms. The highest BCUT2D eigenvalue weighted by atomic mass is 32.1. The molecule has 0 radical (unpaired) electrons. The maximum Gasteiger partial charge on any atom is 0.347 e. The van der Waals surface area contributed by atoms with E-state index in [1.54, 1.807) is 13.0 Å². The summed E-state index contributed by atoms with van der Waals surface area (Å²) in [4.78, 5) is 26.1. The third kappa shape index (κ3) is 3.84. The summed E-state index contributed by atoms with van der Waals surface area (Å²) in [5.41, 5.74) is 0.724. The van der Waals surface area contributed by atoms with E-state index < -0.39 is 10.9 Å². The minimum Gasteiger partial charge on any atom is -0.487 e. The first kappa shape index (κ1) is 16.9. The zero-order valence-corrected chi connectivity index (χ0v) is 13.7. The summed E-state index contributed by atoms with van der Waals surface area (Å²) in [6, 6.07) is 4.53. The van der Waals surface area contributed by atoms with E-state index in [4.69, 9.17) is 9.84 Å². The molecule has 0 saturated carbocycles. The summed E-state index contributed by atoms with van der Waals surface area (Å²) < 4.78 is 5.47. The molecule has 122 valence electrons. The highest BCUT2D eigenvalue weighted by Gasteiger charge is 2.20. The molecule has 1 heterocycles. The fourth-order valence-corrected chi connectivity index (χ4v) is 2.79. The summed E-state index contributed by atoms with van der Waals surface area (Å²) in [7, 11) is 0. The van der Waals surface area contributed by atoms with Gasteiger partial charge in [-0.15, -0.1) is 11.3 Å². The van der Waals surface area contributed by atoms with Crippen LogP contribution in [0.3, 0.4) is 0 Å². The van der Waals surface area contributed by atoms with Gasteiger partial charge in [0, 0.05) is 11.6 Å². The van der Waals surface area contributed by atoms with Crippen molar-refractivity contribution in [2.24, 2.45) is 5.92 Å². The molecule has 0 aliphatic heterocycles. The lowest BCUT2D eigenvalue weighted by molar-refractivity contribution is -0.385. The van der Waals surface area contributed by atoms with Crippen molar-refractivity contribution in [3.05, 3.63) is 38.9 Å². The molecule has 0 unspecified atom stereocenters. The van der Waals surface area contributed by atoms with Gasteiger partial charge in [0.05, 0.1) is 17.2 Å². The largest absolute Gasteiger partial charge is 0.487 e. The van der Waals surface area contributed by atoms with Crippen LogP contribution in [0.4, 0.5) is 5.69 Å². The Morgan fingerprint density at radius 2 is 2.17 bits per heavy atom. The number of nitrogens with zero attached hydrogens (tertiary/aromatic N) is 2. The van der Waals surface area contributed by atoms with E-state index in [-0.39, 0.29) is 22.2 Å². The normalized spacial score (nSPS) is 10.8. The number of hydrogen-bond donors (Lipinski definition) is 1. The van der Waals surface area contributed by atoms with Crippen LogP contribution in [0.25, 0.3) is 10.6 Å². The van der Waals surface area contributed by atoms with E-state index >= 15 is 0 Å². The number of aromatic nitrogens is 1. The second-order valence-corrected chi connectivity index (χ2v) is 6.38. The third-order valence-electron chi connectivity index (χ3n) is 2.97. The van der Waals surface area contributed by atoms with E-state index in [0.29, 0.717) is 22.9 Å². The zero-order valence-electron chi connectivity index (χ0n) is 12.9. The van der Waals surface area contributed by atoms with Crippen molar-refractivity contribution in [1.82, 2.24) is 4.98 Å². The van der Waals surface area contributed by atoms with Gasteiger partial charge in [-0.2, -0.15) is 0 Å². The lowest BCUT2D eigenvalue weighted by atomic mass is 10.2. The lowest BCUT2D eigenvalue weighted by Crippen LogP contribution is -2.06. The van der Waals surface area contributed by atoms with Crippen LogP contribution in [0.15, 0.2) is 18.2 Å². The number of ether oxygens (including phenoxy) is 1. The minimum absolute atomic E-state index is 0.128. The SMILES string of the molecule is Cc1nc(-c2ccc(OCC(C)C)c([N+](=O)[O-])c2)sc1C(=O)O. The van der Waals surface area contributed by atoms with Gasteiger partial charge in [0.1, 0.15) is 9.88 Å². The second kappa shape index (κ2) is 6.74. The van der Waals surface area contributed by atoms with Crippen molar-refractivity contribution in [2.75, 3.05) is 6.61 Å².